The molecule has 0 atom stereocenters. The maximum atomic E-state index is 13.3. The lowest BCUT2D eigenvalue weighted by Gasteiger charge is -2.20. The van der Waals surface area contributed by atoms with Gasteiger partial charge in [-0.3, -0.25) is 9.59 Å². The van der Waals surface area contributed by atoms with Gasteiger partial charge in [-0.15, -0.1) is 0 Å². The molecule has 8 heteroatoms. The fraction of sp³-hybridized carbons (Fsp3) is 0.250. The van der Waals surface area contributed by atoms with Crippen LogP contribution in [0.4, 0.5) is 14.5 Å². The van der Waals surface area contributed by atoms with Gasteiger partial charge in [0.05, 0.1) is 0 Å². The monoisotopic (exact) mass is 286 g/mol. The van der Waals surface area contributed by atoms with Gasteiger partial charge in [0.2, 0.25) is 0 Å². The number of aliphatic carboxylic acids is 1. The van der Waals surface area contributed by atoms with Crippen molar-refractivity contribution in [3.63, 3.8) is 0 Å². The number of nitrogens with one attached hydrogen (secondary N) is 2. The summed E-state index contributed by atoms with van der Waals surface area (Å²) in [6.07, 6.45) is 0. The highest BCUT2D eigenvalue weighted by molar-refractivity contribution is 6.40. The summed E-state index contributed by atoms with van der Waals surface area (Å²) in [5, 5.41) is 12.4. The van der Waals surface area contributed by atoms with Crippen LogP contribution in [0.3, 0.4) is 0 Å². The van der Waals surface area contributed by atoms with E-state index in [1.165, 1.54) is 0 Å². The third-order valence-electron chi connectivity index (χ3n) is 2.37. The molecule has 0 aliphatic heterocycles. The molecule has 0 unspecified atom stereocenters. The number of carboxylic acids is 1. The van der Waals surface area contributed by atoms with Crippen LogP contribution in [0.15, 0.2) is 18.2 Å². The molecule has 0 aromatic heterocycles. The first-order valence-corrected chi connectivity index (χ1v) is 5.46. The Kier molecular flexibility index (Phi) is 4.38. The summed E-state index contributed by atoms with van der Waals surface area (Å²) in [5.41, 5.74) is -2.47. The van der Waals surface area contributed by atoms with Crippen molar-refractivity contribution in [3.8, 4) is 0 Å². The molecular weight excluding hydrogens is 274 g/mol. The molecule has 1 rings (SSSR count). The van der Waals surface area contributed by atoms with Crippen LogP contribution in [-0.4, -0.2) is 28.4 Å². The molecule has 0 fully saturated rings. The summed E-state index contributed by atoms with van der Waals surface area (Å²) in [4.78, 5) is 33.7. The van der Waals surface area contributed by atoms with Crippen LogP contribution in [0.1, 0.15) is 13.8 Å². The first-order chi connectivity index (χ1) is 9.15. The van der Waals surface area contributed by atoms with E-state index in [-0.39, 0.29) is 0 Å². The summed E-state index contributed by atoms with van der Waals surface area (Å²) in [7, 11) is 0. The van der Waals surface area contributed by atoms with Crippen LogP contribution in [0.5, 0.6) is 0 Å². The first kappa shape index (κ1) is 15.5. The Balaban J connectivity index is 2.82. The number of carbonyl (C=O) groups is 3. The fourth-order valence-corrected chi connectivity index (χ4v) is 1.18. The Morgan fingerprint density at radius 3 is 2.05 bits per heavy atom. The van der Waals surface area contributed by atoms with E-state index in [1.807, 2.05) is 5.32 Å². The number of benzene rings is 1. The van der Waals surface area contributed by atoms with Gasteiger partial charge in [0, 0.05) is 0 Å². The van der Waals surface area contributed by atoms with Gasteiger partial charge < -0.3 is 15.7 Å². The Morgan fingerprint density at radius 1 is 1.10 bits per heavy atom. The highest BCUT2D eigenvalue weighted by atomic mass is 19.1. The average Bonchev–Trinajstić information content (AvgIpc) is 2.33. The Labute approximate surface area is 112 Å². The minimum absolute atomic E-state index is 0.777. The van der Waals surface area contributed by atoms with Crippen molar-refractivity contribution in [2.75, 3.05) is 5.32 Å². The lowest BCUT2D eigenvalue weighted by molar-refractivity contribution is -0.147. The van der Waals surface area contributed by atoms with Crippen molar-refractivity contribution in [2.45, 2.75) is 19.4 Å². The molecule has 0 aliphatic rings. The second-order valence-electron chi connectivity index (χ2n) is 4.44. The van der Waals surface area contributed by atoms with Gasteiger partial charge in [0.25, 0.3) is 0 Å². The minimum atomic E-state index is -1.69. The summed E-state index contributed by atoms with van der Waals surface area (Å²) < 4.78 is 26.5. The zero-order chi connectivity index (χ0) is 15.5. The number of hydrogen-bond donors (Lipinski definition) is 3. The molecule has 1 aromatic carbocycles. The molecule has 3 N–H and O–H groups in total. The highest BCUT2D eigenvalue weighted by Crippen LogP contribution is 2.17. The molecule has 20 heavy (non-hydrogen) atoms. The van der Waals surface area contributed by atoms with E-state index in [9.17, 15) is 23.2 Å². The van der Waals surface area contributed by atoms with Crippen LogP contribution in [0, 0.1) is 11.6 Å². The van der Waals surface area contributed by atoms with Crippen LogP contribution >= 0.6 is 0 Å². The van der Waals surface area contributed by atoms with Gasteiger partial charge in [-0.2, -0.15) is 0 Å². The second-order valence-corrected chi connectivity index (χ2v) is 4.44. The quantitative estimate of drug-likeness (QED) is 0.719. The normalized spacial score (nSPS) is 10.8. The lowest BCUT2D eigenvalue weighted by Crippen LogP contribution is -2.52. The van der Waals surface area contributed by atoms with Crippen LogP contribution < -0.4 is 10.6 Å². The zero-order valence-electron chi connectivity index (χ0n) is 10.7. The van der Waals surface area contributed by atoms with Crippen molar-refractivity contribution < 1.29 is 28.3 Å². The predicted molar refractivity (Wildman–Crippen MR) is 64.8 cm³/mol. The number of halogens is 2. The largest absolute Gasteiger partial charge is 0.480 e. The van der Waals surface area contributed by atoms with Gasteiger partial charge in [0.1, 0.15) is 22.9 Å². The molecule has 108 valence electrons. The third-order valence-corrected chi connectivity index (χ3v) is 2.37. The molecule has 2 amide bonds. The number of hydrogen-bond acceptors (Lipinski definition) is 3. The van der Waals surface area contributed by atoms with Gasteiger partial charge in [-0.25, -0.2) is 13.6 Å². The van der Waals surface area contributed by atoms with Crippen molar-refractivity contribution in [1.82, 2.24) is 5.32 Å². The smallest absolute Gasteiger partial charge is 0.328 e. The van der Waals surface area contributed by atoms with Crippen molar-refractivity contribution in [1.29, 1.82) is 0 Å². The zero-order valence-corrected chi connectivity index (χ0v) is 10.7. The minimum Gasteiger partial charge on any atom is -0.480 e. The van der Waals surface area contributed by atoms with Crippen molar-refractivity contribution >= 4 is 23.5 Å². The van der Waals surface area contributed by atoms with Crippen LogP contribution in [0.2, 0.25) is 0 Å². The predicted octanol–water partition coefficient (Wildman–Crippen LogP) is 0.883. The van der Waals surface area contributed by atoms with E-state index in [0.717, 1.165) is 32.0 Å². The standard InChI is InChI=1S/C12H12F2N2O4/c1-12(2,11(19)20)16-10(18)9(17)15-8-6(13)4-3-5-7(8)14/h3-5H,1-2H3,(H,15,17)(H,16,18)(H,19,20). The van der Waals surface area contributed by atoms with Crippen molar-refractivity contribution in [3.05, 3.63) is 29.8 Å². The number of carbonyl (C=O) groups excluding carboxylic acids is 2. The molecule has 0 saturated heterocycles. The Morgan fingerprint density at radius 2 is 1.60 bits per heavy atom. The SMILES string of the molecule is CC(C)(NC(=O)C(=O)Nc1c(F)cccc1F)C(=O)O. The van der Waals surface area contributed by atoms with E-state index in [4.69, 9.17) is 5.11 Å². The first-order valence-electron chi connectivity index (χ1n) is 5.46. The second kappa shape index (κ2) is 5.64. The van der Waals surface area contributed by atoms with Gasteiger partial charge in [-0.05, 0) is 26.0 Å². The highest BCUT2D eigenvalue weighted by Gasteiger charge is 2.31. The molecule has 0 bridgehead atoms. The van der Waals surface area contributed by atoms with Gasteiger partial charge >= 0.3 is 17.8 Å². The van der Waals surface area contributed by atoms with E-state index < -0.39 is 40.6 Å². The Hall–Kier alpha value is -2.51. The molecule has 6 nitrogen and oxygen atoms in total. The van der Waals surface area contributed by atoms with Gasteiger partial charge in [-0.1, -0.05) is 6.07 Å². The summed E-state index contributed by atoms with van der Waals surface area (Å²) >= 11 is 0. The summed E-state index contributed by atoms with van der Waals surface area (Å²) in [6, 6.07) is 2.89. The van der Waals surface area contributed by atoms with Crippen LogP contribution in [0.25, 0.3) is 0 Å². The van der Waals surface area contributed by atoms with E-state index >= 15 is 0 Å². The maximum Gasteiger partial charge on any atom is 0.328 e. The number of anilines is 1. The number of para-hydroxylation sites is 1. The Bertz CT molecular complexity index is 552. The van der Waals surface area contributed by atoms with Crippen molar-refractivity contribution in [2.24, 2.45) is 0 Å². The molecular formula is C12H12F2N2O4. The molecule has 0 radical (unpaired) electrons. The van der Waals surface area contributed by atoms with Gasteiger partial charge in [0.15, 0.2) is 0 Å². The summed E-state index contributed by atoms with van der Waals surface area (Å²) in [6.45, 7) is 2.31. The van der Waals surface area contributed by atoms with E-state index in [2.05, 4.69) is 0 Å². The average molecular weight is 286 g/mol. The number of amides is 2. The third kappa shape index (κ3) is 3.50. The van der Waals surface area contributed by atoms with Crippen LogP contribution in [-0.2, 0) is 14.4 Å². The number of carboxylic acid groups (broad SMARTS) is 1. The van der Waals surface area contributed by atoms with E-state index in [1.54, 1.807) is 5.32 Å². The molecule has 0 saturated carbocycles. The fourth-order valence-electron chi connectivity index (χ4n) is 1.18. The molecule has 1 aromatic rings. The summed E-state index contributed by atoms with van der Waals surface area (Å²) in [5.74, 6) is -6.16. The lowest BCUT2D eigenvalue weighted by atomic mass is 10.1. The molecule has 0 aliphatic carbocycles. The number of rotatable bonds is 3. The topological polar surface area (TPSA) is 95.5 Å². The maximum absolute atomic E-state index is 13.3. The molecule has 0 heterocycles. The van der Waals surface area contributed by atoms with E-state index in [0.29, 0.717) is 0 Å². The molecule has 0 spiro atoms.